The number of phenols is 3. The van der Waals surface area contributed by atoms with Crippen LogP contribution in [0.15, 0.2) is 54.6 Å². The van der Waals surface area contributed by atoms with E-state index in [1.54, 1.807) is 51.7 Å². The fourth-order valence-corrected chi connectivity index (χ4v) is 2.88. The van der Waals surface area contributed by atoms with Gasteiger partial charge in [-0.1, -0.05) is 101 Å². The van der Waals surface area contributed by atoms with Crippen LogP contribution in [-0.2, 0) is 9.68 Å². The molecule has 274 valence electrons. The van der Waals surface area contributed by atoms with E-state index in [-0.39, 0.29) is 149 Å². The molecule has 3 aromatic carbocycles. The Bertz CT molecular complexity index is 1100. The van der Waals surface area contributed by atoms with Crippen LogP contribution in [0.1, 0.15) is 50.0 Å². The minimum Gasteiger partial charge on any atom is -0.508 e. The average molecular weight is 877 g/mol. The molecule has 0 atom stereocenters. The number of benzene rings is 3. The maximum atomic E-state index is 9.25. The van der Waals surface area contributed by atoms with Gasteiger partial charge < -0.3 is 38.8 Å². The number of carbonyl (C=O) groups excluding carboxylic acids is 1. The van der Waals surface area contributed by atoms with E-state index in [4.69, 9.17) is 65.5 Å². The molecule has 0 bridgehead atoms. The molecule has 0 aliphatic heterocycles. The van der Waals surface area contributed by atoms with E-state index in [2.05, 4.69) is 53.8 Å². The predicted octanol–water partition coefficient (Wildman–Crippen LogP) is 5.52. The van der Waals surface area contributed by atoms with Gasteiger partial charge in [0, 0.05) is 38.6 Å². The van der Waals surface area contributed by atoms with Crippen molar-refractivity contribution in [1.82, 2.24) is 0 Å². The Morgan fingerprint density at radius 1 is 0.735 bits per heavy atom. The first-order valence-electron chi connectivity index (χ1n) is 12.9. The second kappa shape index (κ2) is 44.6. The van der Waals surface area contributed by atoms with Crippen LogP contribution in [0.25, 0.3) is 1.43 Å². The molecule has 0 unspecified atom stereocenters. The molecular weight excluding hydrogens is 824 g/mol. The van der Waals surface area contributed by atoms with Gasteiger partial charge in [0.15, 0.2) is 0 Å². The van der Waals surface area contributed by atoms with Gasteiger partial charge >= 0.3 is 109 Å². The SMILES string of the molecule is C.C.C.CC(C)CBr.CC(C)COc1cc(O)cc(Cl)c1.COc1cc(Cl)cc(OC)c1.Oc1cc(O)cc(Cl)c1.[2H]OOC=O.[CH2-]F.[K+].[K+]. The molecule has 0 spiro atoms. The molecule has 0 saturated carbocycles. The van der Waals surface area contributed by atoms with E-state index in [9.17, 15) is 9.50 Å². The Kier molecular flexibility index (Phi) is 58.6. The van der Waals surface area contributed by atoms with E-state index >= 15 is 0 Å². The van der Waals surface area contributed by atoms with Crippen LogP contribution in [0.2, 0.25) is 15.1 Å². The first-order valence-corrected chi connectivity index (χ1v) is 14.7. The Balaban J connectivity index is -0.0000000736. The number of phenolic OH excluding ortho intramolecular Hbond substituents is 3. The van der Waals surface area contributed by atoms with Crippen LogP contribution in [0, 0.1) is 19.0 Å². The van der Waals surface area contributed by atoms with Crippen LogP contribution in [0.5, 0.6) is 34.5 Å². The molecule has 0 fully saturated rings. The minimum absolute atomic E-state index is 0. The molecular formula is C33H52BrCl3FK2O9+. The van der Waals surface area contributed by atoms with E-state index in [0.717, 1.165) is 11.2 Å². The number of aromatic hydroxyl groups is 3. The molecule has 0 heterocycles. The van der Waals surface area contributed by atoms with Gasteiger partial charge in [0.1, 0.15) is 34.5 Å². The van der Waals surface area contributed by atoms with Gasteiger partial charge in [-0.3, -0.25) is 4.79 Å². The van der Waals surface area contributed by atoms with Crippen molar-refractivity contribution in [2.75, 3.05) is 26.2 Å². The van der Waals surface area contributed by atoms with E-state index in [1.165, 1.54) is 24.3 Å². The summed E-state index contributed by atoms with van der Waals surface area (Å²) in [6.07, 6.45) is 0. The van der Waals surface area contributed by atoms with Crippen LogP contribution in [0.3, 0.4) is 0 Å². The standard InChI is InChI=1S/C10H13ClO2.C8H9ClO2.C6H5ClO2.C4H9Br.CH2F.CH2O3.3CH4.2K/c1-7(2)6-13-10-4-8(11)3-9(12)5-10;1-10-7-3-6(9)4-8(5-7)11-2;7-4-1-5(8)3-6(9)2-4;1-4(2)3-5;1-2;2-1-4-3;;;;;/h3-5,7,12H,6H2,1-2H3;3-5H,1-2H3;1-3,8-9H;4H,3H2,1-2H3;1H2;1,3H;3*1H4;;/q;;;;-1;;;;;2*+1/i/hD. The molecule has 9 nitrogen and oxygen atoms in total. The van der Waals surface area contributed by atoms with Crippen molar-refractivity contribution in [1.29, 1.82) is 1.43 Å². The summed E-state index contributed by atoms with van der Waals surface area (Å²) in [5, 5.41) is 32.3. The van der Waals surface area contributed by atoms with Crippen molar-refractivity contribution in [2.45, 2.75) is 50.0 Å². The molecule has 0 aromatic heterocycles. The predicted molar refractivity (Wildman–Crippen MR) is 198 cm³/mol. The Labute approximate surface area is 403 Å². The first-order chi connectivity index (χ1) is 21.2. The van der Waals surface area contributed by atoms with E-state index in [1.807, 2.05) is 0 Å². The smallest absolute Gasteiger partial charge is 0.508 e. The maximum absolute atomic E-state index is 9.25. The van der Waals surface area contributed by atoms with Crippen LogP contribution in [0.4, 0.5) is 4.39 Å². The normalized spacial score (nSPS) is 8.41. The molecule has 0 amide bonds. The number of rotatable bonds is 8. The Hall–Kier alpha value is 0.443. The molecule has 0 aliphatic rings. The number of methoxy groups -OCH3 is 2. The van der Waals surface area contributed by atoms with Gasteiger partial charge in [-0.25, -0.2) is 5.26 Å². The number of alkyl halides is 1. The fourth-order valence-electron chi connectivity index (χ4n) is 2.23. The quantitative estimate of drug-likeness (QED) is 0.0577. The molecule has 0 radical (unpaired) electrons. The van der Waals surface area contributed by atoms with Gasteiger partial charge in [-0.2, -0.15) is 7.18 Å². The Morgan fingerprint density at radius 3 is 1.35 bits per heavy atom. The van der Waals surface area contributed by atoms with Crippen molar-refractivity contribution >= 4 is 57.2 Å². The maximum Gasteiger partial charge on any atom is 1.00 e. The largest absolute Gasteiger partial charge is 1.00 e. The number of hydrogen-bond donors (Lipinski definition) is 4. The molecule has 4 N–H and O–H groups in total. The molecule has 3 rings (SSSR count). The minimum atomic E-state index is -0.0278. The summed E-state index contributed by atoms with van der Waals surface area (Å²) in [4.78, 5) is 12.3. The zero-order chi connectivity index (χ0) is 35.4. The average Bonchev–Trinajstić information content (AvgIpc) is 2.97. The summed E-state index contributed by atoms with van der Waals surface area (Å²) in [5.74, 6) is 3.35. The summed E-state index contributed by atoms with van der Waals surface area (Å²) in [6.45, 7) is 9.12. The fraction of sp³-hybridized carbons (Fsp3) is 0.394. The number of halogens is 5. The zero-order valence-corrected chi connectivity index (χ0v) is 37.3. The summed E-state index contributed by atoms with van der Waals surface area (Å²) in [5.41, 5.74) is 0. The second-order valence-electron chi connectivity index (χ2n) is 8.79. The van der Waals surface area contributed by atoms with Gasteiger partial charge in [0.25, 0.3) is 1.43 Å². The molecule has 16 heteroatoms. The van der Waals surface area contributed by atoms with Gasteiger partial charge in [0.2, 0.25) is 0 Å². The monoisotopic (exact) mass is 874 g/mol. The third-order valence-corrected chi connectivity index (χ3v) is 5.92. The Morgan fingerprint density at radius 2 is 1.08 bits per heavy atom. The van der Waals surface area contributed by atoms with Crippen LogP contribution in [-0.4, -0.2) is 53.2 Å². The number of carbonyl (C=O) groups is 1. The number of ether oxygens (including phenoxy) is 3. The molecule has 3 aromatic rings. The summed E-state index contributed by atoms with van der Waals surface area (Å²) in [6, 6.07) is 13.8. The van der Waals surface area contributed by atoms with Crippen molar-refractivity contribution in [3.05, 3.63) is 76.8 Å². The van der Waals surface area contributed by atoms with Crippen LogP contribution >= 0.6 is 50.7 Å². The summed E-state index contributed by atoms with van der Waals surface area (Å²) in [7, 11) is 4.93. The van der Waals surface area contributed by atoms with E-state index in [0.29, 0.717) is 44.8 Å². The summed E-state index contributed by atoms with van der Waals surface area (Å²) >= 11 is 20.2. The number of hydrogen-bond acceptors (Lipinski definition) is 9. The van der Waals surface area contributed by atoms with Crippen molar-refractivity contribution in [3.8, 4) is 34.5 Å². The summed E-state index contributed by atoms with van der Waals surface area (Å²) < 4.78 is 30.2. The zero-order valence-electron chi connectivity index (χ0n) is 28.2. The first kappa shape index (κ1) is 64.4. The second-order valence-corrected chi connectivity index (χ2v) is 10.7. The third-order valence-electron chi connectivity index (χ3n) is 3.97. The van der Waals surface area contributed by atoms with Crippen molar-refractivity contribution < 1.29 is 152 Å². The van der Waals surface area contributed by atoms with Gasteiger partial charge in [-0.15, -0.1) is 0 Å². The topological polar surface area (TPSA) is 135 Å². The molecule has 49 heavy (non-hydrogen) atoms. The molecule has 0 aliphatic carbocycles. The van der Waals surface area contributed by atoms with Crippen molar-refractivity contribution in [2.24, 2.45) is 11.8 Å². The molecule has 0 saturated heterocycles. The third kappa shape index (κ3) is 44.5. The van der Waals surface area contributed by atoms with Crippen LogP contribution < -0.4 is 117 Å². The van der Waals surface area contributed by atoms with E-state index < -0.39 is 0 Å². The van der Waals surface area contributed by atoms with Gasteiger partial charge in [-0.05, 0) is 48.2 Å². The van der Waals surface area contributed by atoms with Crippen molar-refractivity contribution in [3.63, 3.8) is 0 Å². The van der Waals surface area contributed by atoms with Gasteiger partial charge in [0.05, 0.1) is 20.8 Å².